The van der Waals surface area contributed by atoms with Crippen molar-refractivity contribution in [2.45, 2.75) is 19.5 Å². The second-order valence-electron chi connectivity index (χ2n) is 4.58. The van der Waals surface area contributed by atoms with Crippen LogP contribution in [0.1, 0.15) is 34.5 Å². The minimum atomic E-state index is -0.391. The Morgan fingerprint density at radius 1 is 1.16 bits per heavy atom. The summed E-state index contributed by atoms with van der Waals surface area (Å²) in [6.07, 6.45) is 0. The molecule has 1 amide bonds. The molecule has 0 radical (unpaired) electrons. The average molecular weight is 254 g/mol. The number of amides is 1. The summed E-state index contributed by atoms with van der Waals surface area (Å²) >= 11 is 0. The van der Waals surface area contributed by atoms with Crippen molar-refractivity contribution >= 4 is 5.91 Å². The summed E-state index contributed by atoms with van der Waals surface area (Å²) < 4.78 is 0. The maximum atomic E-state index is 11.1. The lowest BCUT2D eigenvalue weighted by atomic mass is 10.1. The van der Waals surface area contributed by atoms with Crippen LogP contribution in [-0.2, 0) is 6.54 Å². The number of hydrogen-bond acceptors (Lipinski definition) is 2. The molecule has 0 heterocycles. The zero-order chi connectivity index (χ0) is 13.7. The number of benzene rings is 2. The first-order valence-electron chi connectivity index (χ1n) is 6.34. The molecule has 3 N–H and O–H groups in total. The van der Waals surface area contributed by atoms with Crippen molar-refractivity contribution in [3.63, 3.8) is 0 Å². The molecule has 2 aromatic carbocycles. The van der Waals surface area contributed by atoms with E-state index in [-0.39, 0.29) is 6.04 Å². The van der Waals surface area contributed by atoms with Crippen LogP contribution in [0.25, 0.3) is 0 Å². The predicted molar refractivity (Wildman–Crippen MR) is 76.7 cm³/mol. The fraction of sp³-hybridized carbons (Fsp3) is 0.188. The molecule has 0 aliphatic heterocycles. The van der Waals surface area contributed by atoms with Crippen molar-refractivity contribution in [2.24, 2.45) is 5.73 Å². The van der Waals surface area contributed by atoms with E-state index in [1.54, 1.807) is 6.07 Å². The molecule has 3 nitrogen and oxygen atoms in total. The Balaban J connectivity index is 1.99. The first-order chi connectivity index (χ1) is 9.16. The van der Waals surface area contributed by atoms with Crippen LogP contribution in [-0.4, -0.2) is 5.91 Å². The fourth-order valence-electron chi connectivity index (χ4n) is 1.97. The minimum absolute atomic E-state index is 0.262. The largest absolute Gasteiger partial charge is 0.366 e. The summed E-state index contributed by atoms with van der Waals surface area (Å²) in [5.41, 5.74) is 8.12. The Morgan fingerprint density at radius 2 is 1.89 bits per heavy atom. The summed E-state index contributed by atoms with van der Waals surface area (Å²) in [6.45, 7) is 2.82. The maximum absolute atomic E-state index is 11.1. The lowest BCUT2D eigenvalue weighted by Crippen LogP contribution is -2.18. The number of primary amides is 1. The molecule has 0 fully saturated rings. The molecular formula is C16H18N2O. The first kappa shape index (κ1) is 13.3. The van der Waals surface area contributed by atoms with Crippen LogP contribution < -0.4 is 11.1 Å². The van der Waals surface area contributed by atoms with Crippen LogP contribution in [0.3, 0.4) is 0 Å². The Kier molecular flexibility index (Phi) is 4.31. The third-order valence-electron chi connectivity index (χ3n) is 3.12. The van der Waals surface area contributed by atoms with Gasteiger partial charge in [-0.25, -0.2) is 0 Å². The van der Waals surface area contributed by atoms with Gasteiger partial charge in [0.1, 0.15) is 0 Å². The molecule has 0 spiro atoms. The maximum Gasteiger partial charge on any atom is 0.248 e. The van der Waals surface area contributed by atoms with Gasteiger partial charge in [0.25, 0.3) is 0 Å². The van der Waals surface area contributed by atoms with Gasteiger partial charge in [0, 0.05) is 18.2 Å². The average Bonchev–Trinajstić information content (AvgIpc) is 2.46. The topological polar surface area (TPSA) is 55.1 Å². The van der Waals surface area contributed by atoms with Crippen molar-refractivity contribution in [3.05, 3.63) is 71.3 Å². The highest BCUT2D eigenvalue weighted by Crippen LogP contribution is 2.12. The van der Waals surface area contributed by atoms with Crippen LogP contribution in [0.4, 0.5) is 0 Å². The van der Waals surface area contributed by atoms with Gasteiger partial charge in [-0.1, -0.05) is 42.5 Å². The predicted octanol–water partition coefficient (Wildman–Crippen LogP) is 2.64. The Bertz CT molecular complexity index is 552. The number of rotatable bonds is 5. The van der Waals surface area contributed by atoms with E-state index in [0.29, 0.717) is 12.1 Å². The Labute approximate surface area is 113 Å². The van der Waals surface area contributed by atoms with E-state index >= 15 is 0 Å². The number of nitrogens with one attached hydrogen (secondary N) is 1. The van der Waals surface area contributed by atoms with Crippen molar-refractivity contribution < 1.29 is 4.79 Å². The summed E-state index contributed by atoms with van der Waals surface area (Å²) in [7, 11) is 0. The molecule has 1 atom stereocenters. The molecule has 0 aliphatic carbocycles. The fourth-order valence-corrected chi connectivity index (χ4v) is 1.97. The number of carbonyl (C=O) groups excluding carboxylic acids is 1. The Hall–Kier alpha value is -2.13. The van der Waals surface area contributed by atoms with E-state index in [1.807, 2.05) is 36.4 Å². The van der Waals surface area contributed by atoms with Crippen molar-refractivity contribution in [1.82, 2.24) is 5.32 Å². The van der Waals surface area contributed by atoms with Gasteiger partial charge in [-0.3, -0.25) is 4.79 Å². The molecule has 2 rings (SSSR count). The van der Waals surface area contributed by atoms with Gasteiger partial charge in [0.2, 0.25) is 5.91 Å². The molecule has 0 unspecified atom stereocenters. The zero-order valence-electron chi connectivity index (χ0n) is 11.0. The molecule has 98 valence electrons. The van der Waals surface area contributed by atoms with Gasteiger partial charge >= 0.3 is 0 Å². The summed E-state index contributed by atoms with van der Waals surface area (Å²) in [5.74, 6) is -0.391. The number of hydrogen-bond donors (Lipinski definition) is 2. The third-order valence-corrected chi connectivity index (χ3v) is 3.12. The monoisotopic (exact) mass is 254 g/mol. The van der Waals surface area contributed by atoms with Gasteiger partial charge in [0.15, 0.2) is 0 Å². The van der Waals surface area contributed by atoms with Crippen LogP contribution in [0, 0.1) is 0 Å². The van der Waals surface area contributed by atoms with Crippen molar-refractivity contribution in [2.75, 3.05) is 0 Å². The minimum Gasteiger partial charge on any atom is -0.366 e. The molecular weight excluding hydrogens is 236 g/mol. The number of carbonyl (C=O) groups is 1. The molecule has 0 saturated heterocycles. The van der Waals surface area contributed by atoms with Crippen LogP contribution in [0.2, 0.25) is 0 Å². The molecule has 3 heteroatoms. The molecule has 0 aromatic heterocycles. The standard InChI is InChI=1S/C16H18N2O/c1-12(14-7-3-2-4-8-14)18-11-13-6-5-9-15(10-13)16(17)19/h2-10,12,18H,11H2,1H3,(H2,17,19)/t12-/m1/s1. The summed E-state index contributed by atoms with van der Waals surface area (Å²) in [5, 5.41) is 3.43. The van der Waals surface area contributed by atoms with Crippen LogP contribution >= 0.6 is 0 Å². The highest BCUT2D eigenvalue weighted by Gasteiger charge is 2.05. The van der Waals surface area contributed by atoms with E-state index in [4.69, 9.17) is 5.73 Å². The normalized spacial score (nSPS) is 12.1. The highest BCUT2D eigenvalue weighted by molar-refractivity contribution is 5.92. The molecule has 19 heavy (non-hydrogen) atoms. The molecule has 2 aromatic rings. The van der Waals surface area contributed by atoms with Gasteiger partial charge in [-0.15, -0.1) is 0 Å². The SMILES string of the molecule is C[C@@H](NCc1cccc(C(N)=O)c1)c1ccccc1. The summed E-state index contributed by atoms with van der Waals surface area (Å²) in [6, 6.07) is 17.9. The van der Waals surface area contributed by atoms with Crippen molar-refractivity contribution in [3.8, 4) is 0 Å². The lowest BCUT2D eigenvalue weighted by molar-refractivity contribution is 0.1000. The van der Waals surface area contributed by atoms with Crippen LogP contribution in [0.15, 0.2) is 54.6 Å². The van der Waals surface area contributed by atoms with Gasteiger partial charge in [0.05, 0.1) is 0 Å². The van der Waals surface area contributed by atoms with E-state index in [9.17, 15) is 4.79 Å². The van der Waals surface area contributed by atoms with Crippen LogP contribution in [0.5, 0.6) is 0 Å². The van der Waals surface area contributed by atoms with E-state index in [1.165, 1.54) is 5.56 Å². The second kappa shape index (κ2) is 6.16. The third kappa shape index (κ3) is 3.66. The first-order valence-corrected chi connectivity index (χ1v) is 6.34. The summed E-state index contributed by atoms with van der Waals surface area (Å²) in [4.78, 5) is 11.1. The van der Waals surface area contributed by atoms with Gasteiger partial charge in [-0.05, 0) is 30.2 Å². The van der Waals surface area contributed by atoms with Gasteiger partial charge < -0.3 is 11.1 Å². The smallest absolute Gasteiger partial charge is 0.248 e. The second-order valence-corrected chi connectivity index (χ2v) is 4.58. The number of nitrogens with two attached hydrogens (primary N) is 1. The Morgan fingerprint density at radius 3 is 2.58 bits per heavy atom. The van der Waals surface area contributed by atoms with E-state index < -0.39 is 5.91 Å². The molecule has 0 bridgehead atoms. The quantitative estimate of drug-likeness (QED) is 0.861. The van der Waals surface area contributed by atoms with E-state index in [0.717, 1.165) is 5.56 Å². The molecule has 0 aliphatic rings. The van der Waals surface area contributed by atoms with E-state index in [2.05, 4.69) is 24.4 Å². The lowest BCUT2D eigenvalue weighted by Gasteiger charge is -2.14. The zero-order valence-corrected chi connectivity index (χ0v) is 11.0. The van der Waals surface area contributed by atoms with Crippen molar-refractivity contribution in [1.29, 1.82) is 0 Å². The van der Waals surface area contributed by atoms with Gasteiger partial charge in [-0.2, -0.15) is 0 Å². The molecule has 0 saturated carbocycles. The highest BCUT2D eigenvalue weighted by atomic mass is 16.1.